The molecule has 1 aromatic heterocycles. The first kappa shape index (κ1) is 14.4. The fourth-order valence-corrected chi connectivity index (χ4v) is 1.99. The van der Waals surface area contributed by atoms with E-state index >= 15 is 0 Å². The molecule has 0 bridgehead atoms. The van der Waals surface area contributed by atoms with Crippen LogP contribution in [0.3, 0.4) is 0 Å². The number of carbonyl (C=O) groups excluding carboxylic acids is 1. The summed E-state index contributed by atoms with van der Waals surface area (Å²) in [7, 11) is 1.69. The molecule has 0 aliphatic carbocycles. The van der Waals surface area contributed by atoms with E-state index in [1.807, 2.05) is 0 Å². The third-order valence-electron chi connectivity index (χ3n) is 2.49. The number of benzene rings is 1. The number of carbonyl (C=O) groups is 1. The van der Waals surface area contributed by atoms with E-state index in [1.165, 1.54) is 6.07 Å². The second-order valence-corrected chi connectivity index (χ2v) is 4.66. The van der Waals surface area contributed by atoms with Crippen molar-refractivity contribution in [2.24, 2.45) is 5.73 Å². The van der Waals surface area contributed by atoms with Gasteiger partial charge in [-0.3, -0.25) is 4.79 Å². The number of ether oxygens (including phenoxy) is 1. The molecule has 2 aromatic rings. The smallest absolute Gasteiger partial charge is 0.248 e. The highest BCUT2D eigenvalue weighted by Crippen LogP contribution is 2.33. The number of aromatic nitrogens is 1. The molecule has 0 saturated carbocycles. The molecule has 20 heavy (non-hydrogen) atoms. The number of amides is 1. The molecule has 0 atom stereocenters. The monoisotopic (exact) mass is 311 g/mol. The lowest BCUT2D eigenvalue weighted by Gasteiger charge is -2.10. The normalized spacial score (nSPS) is 10.2. The van der Waals surface area contributed by atoms with E-state index < -0.39 is 5.91 Å². The molecule has 0 aliphatic rings. The maximum absolute atomic E-state index is 11.0. The van der Waals surface area contributed by atoms with Crippen LogP contribution in [-0.4, -0.2) is 17.9 Å². The molecule has 5 nitrogen and oxygen atoms in total. The summed E-state index contributed by atoms with van der Waals surface area (Å²) in [4.78, 5) is 15.1. The van der Waals surface area contributed by atoms with E-state index in [0.717, 1.165) is 0 Å². The maximum atomic E-state index is 11.0. The van der Waals surface area contributed by atoms with Crippen LogP contribution in [0.2, 0.25) is 10.0 Å². The topological polar surface area (TPSA) is 77.2 Å². The molecule has 0 radical (unpaired) electrons. The fraction of sp³-hybridized carbons (Fsp3) is 0.0769. The molecule has 1 aromatic carbocycles. The van der Waals surface area contributed by atoms with Crippen molar-refractivity contribution in [2.75, 3.05) is 12.4 Å². The molecule has 1 heterocycles. The van der Waals surface area contributed by atoms with Crippen LogP contribution in [0.5, 0.6) is 11.6 Å². The van der Waals surface area contributed by atoms with E-state index in [9.17, 15) is 4.79 Å². The molecule has 7 heteroatoms. The third-order valence-corrected chi connectivity index (χ3v) is 3.05. The number of nitrogens with two attached hydrogens (primary N) is 1. The lowest BCUT2D eigenvalue weighted by atomic mass is 10.2. The van der Waals surface area contributed by atoms with Crippen LogP contribution in [0.1, 0.15) is 10.4 Å². The molecule has 0 aliphatic heterocycles. The highest BCUT2D eigenvalue weighted by molar-refractivity contribution is 6.36. The van der Waals surface area contributed by atoms with Gasteiger partial charge in [0.25, 0.3) is 0 Å². The number of halogens is 2. The standard InChI is InChI=1S/C13H11Cl2N3O2/c1-17-12-9(14)6-10(15)13(18-12)20-8-4-2-7(3-5-8)11(16)19/h2-6H,1H3,(H2,16,19)(H,17,18). The zero-order chi connectivity index (χ0) is 14.7. The first-order chi connectivity index (χ1) is 9.51. The summed E-state index contributed by atoms with van der Waals surface area (Å²) in [6.07, 6.45) is 0. The minimum Gasteiger partial charge on any atom is -0.437 e. The molecular formula is C13H11Cl2N3O2. The van der Waals surface area contributed by atoms with E-state index in [4.69, 9.17) is 33.7 Å². The minimum atomic E-state index is -0.503. The summed E-state index contributed by atoms with van der Waals surface area (Å²) in [5.41, 5.74) is 5.55. The van der Waals surface area contributed by atoms with Crippen molar-refractivity contribution in [3.63, 3.8) is 0 Å². The number of hydrogen-bond acceptors (Lipinski definition) is 4. The minimum absolute atomic E-state index is 0.215. The van der Waals surface area contributed by atoms with Crippen LogP contribution in [0.15, 0.2) is 30.3 Å². The van der Waals surface area contributed by atoms with Gasteiger partial charge in [0, 0.05) is 12.6 Å². The van der Waals surface area contributed by atoms with Gasteiger partial charge in [-0.25, -0.2) is 0 Å². The summed E-state index contributed by atoms with van der Waals surface area (Å²) < 4.78 is 5.55. The lowest BCUT2D eigenvalue weighted by Crippen LogP contribution is -2.10. The largest absolute Gasteiger partial charge is 0.437 e. The Bertz CT molecular complexity index is 645. The number of rotatable bonds is 4. The van der Waals surface area contributed by atoms with Crippen molar-refractivity contribution in [1.82, 2.24) is 4.98 Å². The first-order valence-corrected chi connectivity index (χ1v) is 6.38. The Morgan fingerprint density at radius 3 is 2.45 bits per heavy atom. The van der Waals surface area contributed by atoms with Crippen LogP contribution in [0.25, 0.3) is 0 Å². The van der Waals surface area contributed by atoms with Gasteiger partial charge in [-0.1, -0.05) is 23.2 Å². The molecule has 1 amide bonds. The lowest BCUT2D eigenvalue weighted by molar-refractivity contribution is 0.100. The zero-order valence-electron chi connectivity index (χ0n) is 10.5. The molecule has 2 rings (SSSR count). The molecule has 0 spiro atoms. The van der Waals surface area contributed by atoms with Crippen LogP contribution in [-0.2, 0) is 0 Å². The van der Waals surface area contributed by atoms with Gasteiger partial charge >= 0.3 is 0 Å². The zero-order valence-corrected chi connectivity index (χ0v) is 12.0. The predicted octanol–water partition coefficient (Wildman–Crippen LogP) is 3.32. The third kappa shape index (κ3) is 3.12. The summed E-state index contributed by atoms with van der Waals surface area (Å²) in [6.45, 7) is 0. The number of primary amides is 1. The Hall–Kier alpha value is -1.98. The molecule has 104 valence electrons. The number of nitrogens with one attached hydrogen (secondary N) is 1. The van der Waals surface area contributed by atoms with Crippen molar-refractivity contribution in [1.29, 1.82) is 0 Å². The first-order valence-electron chi connectivity index (χ1n) is 5.62. The summed E-state index contributed by atoms with van der Waals surface area (Å²) in [5, 5.41) is 3.51. The Labute approximate surface area is 125 Å². The average molecular weight is 312 g/mol. The highest BCUT2D eigenvalue weighted by atomic mass is 35.5. The summed E-state index contributed by atoms with van der Waals surface area (Å²) >= 11 is 12.0. The summed E-state index contributed by atoms with van der Waals surface area (Å²) in [5.74, 6) is 0.650. The van der Waals surface area contributed by atoms with Crippen molar-refractivity contribution in [3.8, 4) is 11.6 Å². The second kappa shape index (κ2) is 5.98. The van der Waals surface area contributed by atoms with Gasteiger partial charge in [0.15, 0.2) is 0 Å². The van der Waals surface area contributed by atoms with E-state index in [1.54, 1.807) is 31.3 Å². The van der Waals surface area contributed by atoms with Crippen LogP contribution < -0.4 is 15.8 Å². The van der Waals surface area contributed by atoms with Gasteiger partial charge in [0.1, 0.15) is 16.6 Å². The Kier molecular flexibility index (Phi) is 4.32. The number of nitrogens with zero attached hydrogens (tertiary/aromatic N) is 1. The highest BCUT2D eigenvalue weighted by Gasteiger charge is 2.11. The number of anilines is 1. The van der Waals surface area contributed by atoms with Crippen LogP contribution >= 0.6 is 23.2 Å². The van der Waals surface area contributed by atoms with E-state index in [2.05, 4.69) is 10.3 Å². The average Bonchev–Trinajstić information content (AvgIpc) is 2.42. The predicted molar refractivity (Wildman–Crippen MR) is 78.8 cm³/mol. The Balaban J connectivity index is 2.27. The van der Waals surface area contributed by atoms with E-state index in [-0.39, 0.29) is 10.9 Å². The Morgan fingerprint density at radius 2 is 1.90 bits per heavy atom. The molecule has 0 fully saturated rings. The van der Waals surface area contributed by atoms with Crippen molar-refractivity contribution in [2.45, 2.75) is 0 Å². The van der Waals surface area contributed by atoms with Crippen molar-refractivity contribution in [3.05, 3.63) is 45.9 Å². The maximum Gasteiger partial charge on any atom is 0.248 e. The second-order valence-electron chi connectivity index (χ2n) is 3.85. The number of pyridine rings is 1. The SMILES string of the molecule is CNc1nc(Oc2ccc(C(N)=O)cc2)c(Cl)cc1Cl. The van der Waals surface area contributed by atoms with Crippen molar-refractivity contribution >= 4 is 34.9 Å². The van der Waals surface area contributed by atoms with Crippen molar-refractivity contribution < 1.29 is 9.53 Å². The van der Waals surface area contributed by atoms with Crippen LogP contribution in [0, 0.1) is 0 Å². The van der Waals surface area contributed by atoms with E-state index in [0.29, 0.717) is 22.2 Å². The Morgan fingerprint density at radius 1 is 1.25 bits per heavy atom. The van der Waals surface area contributed by atoms with Crippen LogP contribution in [0.4, 0.5) is 5.82 Å². The van der Waals surface area contributed by atoms with Gasteiger partial charge < -0.3 is 15.8 Å². The quantitative estimate of drug-likeness (QED) is 0.908. The molecule has 0 unspecified atom stereocenters. The molecular weight excluding hydrogens is 301 g/mol. The van der Waals surface area contributed by atoms with Gasteiger partial charge in [0.05, 0.1) is 5.02 Å². The summed E-state index contributed by atoms with van der Waals surface area (Å²) in [6, 6.07) is 7.85. The van der Waals surface area contributed by atoms with Gasteiger partial charge in [-0.15, -0.1) is 0 Å². The molecule has 3 N–H and O–H groups in total. The van der Waals surface area contributed by atoms with Gasteiger partial charge in [-0.2, -0.15) is 4.98 Å². The van der Waals surface area contributed by atoms with Gasteiger partial charge in [0.2, 0.25) is 11.8 Å². The fourth-order valence-electron chi connectivity index (χ4n) is 1.50. The molecule has 0 saturated heterocycles. The number of hydrogen-bond donors (Lipinski definition) is 2. The van der Waals surface area contributed by atoms with Gasteiger partial charge in [-0.05, 0) is 30.3 Å².